The van der Waals surface area contributed by atoms with Crippen molar-refractivity contribution in [2.75, 3.05) is 19.7 Å². The average molecular weight is 346 g/mol. The Kier molecular flexibility index (Phi) is 6.56. The van der Waals surface area contributed by atoms with Crippen molar-refractivity contribution in [1.29, 1.82) is 0 Å². The molecule has 2 rings (SSSR count). The SMILES string of the molecule is CC(C)CNC(=O)COC(=O)[C@H]1CC(=O)N([C@H](C)c2ccccc2)C1. The van der Waals surface area contributed by atoms with Crippen LogP contribution in [-0.2, 0) is 19.1 Å². The first kappa shape index (κ1) is 19.0. The molecule has 1 aromatic carbocycles. The summed E-state index contributed by atoms with van der Waals surface area (Å²) >= 11 is 0. The van der Waals surface area contributed by atoms with Gasteiger partial charge in [-0.15, -0.1) is 0 Å². The van der Waals surface area contributed by atoms with Gasteiger partial charge in [-0.1, -0.05) is 44.2 Å². The Labute approximate surface area is 148 Å². The van der Waals surface area contributed by atoms with Crippen molar-refractivity contribution in [2.24, 2.45) is 11.8 Å². The van der Waals surface area contributed by atoms with Gasteiger partial charge in [0.25, 0.3) is 5.91 Å². The quantitative estimate of drug-likeness (QED) is 0.765. The van der Waals surface area contributed by atoms with E-state index in [0.717, 1.165) is 5.56 Å². The second kappa shape index (κ2) is 8.65. The zero-order valence-electron chi connectivity index (χ0n) is 15.0. The van der Waals surface area contributed by atoms with E-state index in [0.29, 0.717) is 19.0 Å². The standard InChI is InChI=1S/C19H26N2O4/c1-13(2)10-20-17(22)12-25-19(24)16-9-18(23)21(11-16)14(3)15-7-5-4-6-8-15/h4-8,13-14,16H,9-12H2,1-3H3,(H,20,22)/t14-,16+/m1/s1. The van der Waals surface area contributed by atoms with E-state index in [1.807, 2.05) is 51.1 Å². The van der Waals surface area contributed by atoms with Crippen molar-refractivity contribution in [3.8, 4) is 0 Å². The zero-order chi connectivity index (χ0) is 18.4. The van der Waals surface area contributed by atoms with Crippen LogP contribution in [-0.4, -0.2) is 42.4 Å². The molecule has 1 fully saturated rings. The summed E-state index contributed by atoms with van der Waals surface area (Å²) in [5, 5.41) is 2.69. The molecule has 1 N–H and O–H groups in total. The molecular weight excluding hydrogens is 320 g/mol. The number of hydrogen-bond acceptors (Lipinski definition) is 4. The monoisotopic (exact) mass is 346 g/mol. The Bertz CT molecular complexity index is 615. The molecule has 6 heteroatoms. The summed E-state index contributed by atoms with van der Waals surface area (Å²) in [5.41, 5.74) is 1.03. The largest absolute Gasteiger partial charge is 0.455 e. The second-order valence-corrected chi connectivity index (χ2v) is 6.84. The molecule has 1 aliphatic rings. The minimum absolute atomic E-state index is 0.0671. The van der Waals surface area contributed by atoms with Crippen LogP contribution in [0, 0.1) is 11.8 Å². The molecule has 0 radical (unpaired) electrons. The number of carbonyl (C=O) groups is 3. The third kappa shape index (κ3) is 5.31. The number of nitrogens with zero attached hydrogens (tertiary/aromatic N) is 1. The highest BCUT2D eigenvalue weighted by Crippen LogP contribution is 2.28. The van der Waals surface area contributed by atoms with Gasteiger partial charge in [-0.25, -0.2) is 0 Å². The molecule has 25 heavy (non-hydrogen) atoms. The van der Waals surface area contributed by atoms with E-state index in [1.54, 1.807) is 4.90 Å². The van der Waals surface area contributed by atoms with Crippen LogP contribution in [0.2, 0.25) is 0 Å². The Morgan fingerprint density at radius 1 is 1.24 bits per heavy atom. The van der Waals surface area contributed by atoms with Crippen molar-refractivity contribution in [1.82, 2.24) is 10.2 Å². The lowest BCUT2D eigenvalue weighted by molar-refractivity contribution is -0.152. The van der Waals surface area contributed by atoms with Gasteiger partial charge in [-0.3, -0.25) is 14.4 Å². The van der Waals surface area contributed by atoms with E-state index in [2.05, 4.69) is 5.32 Å². The van der Waals surface area contributed by atoms with E-state index in [1.165, 1.54) is 0 Å². The van der Waals surface area contributed by atoms with Gasteiger partial charge in [0.05, 0.1) is 12.0 Å². The third-order valence-corrected chi connectivity index (χ3v) is 4.29. The Morgan fingerprint density at radius 3 is 2.56 bits per heavy atom. The van der Waals surface area contributed by atoms with E-state index in [-0.39, 0.29) is 30.9 Å². The van der Waals surface area contributed by atoms with Gasteiger partial charge in [0.2, 0.25) is 5.91 Å². The molecule has 0 unspecified atom stereocenters. The Balaban J connectivity index is 1.85. The summed E-state index contributed by atoms with van der Waals surface area (Å²) in [7, 11) is 0. The van der Waals surface area contributed by atoms with Gasteiger partial charge < -0.3 is 15.0 Å². The first-order valence-electron chi connectivity index (χ1n) is 8.66. The number of amides is 2. The molecule has 1 aliphatic heterocycles. The number of ether oxygens (including phenoxy) is 1. The van der Waals surface area contributed by atoms with Crippen molar-refractivity contribution < 1.29 is 19.1 Å². The summed E-state index contributed by atoms with van der Waals surface area (Å²) < 4.78 is 5.07. The fourth-order valence-electron chi connectivity index (χ4n) is 2.80. The van der Waals surface area contributed by atoms with Crippen LogP contribution < -0.4 is 5.32 Å². The number of esters is 1. The number of nitrogens with one attached hydrogen (secondary N) is 1. The van der Waals surface area contributed by atoms with E-state index in [9.17, 15) is 14.4 Å². The normalized spacial score (nSPS) is 18.3. The predicted octanol–water partition coefficient (Wildman–Crippen LogP) is 1.91. The van der Waals surface area contributed by atoms with Gasteiger partial charge in [0, 0.05) is 19.5 Å². The molecule has 0 aromatic heterocycles. The minimum atomic E-state index is -0.517. The minimum Gasteiger partial charge on any atom is -0.455 e. The van der Waals surface area contributed by atoms with Crippen LogP contribution in [0.15, 0.2) is 30.3 Å². The molecule has 6 nitrogen and oxygen atoms in total. The molecule has 136 valence electrons. The van der Waals surface area contributed by atoms with Gasteiger partial charge in [-0.05, 0) is 18.4 Å². The molecule has 1 heterocycles. The average Bonchev–Trinajstić information content (AvgIpc) is 2.99. The van der Waals surface area contributed by atoms with Crippen LogP contribution in [0.25, 0.3) is 0 Å². The lowest BCUT2D eigenvalue weighted by Gasteiger charge is -2.25. The maximum atomic E-state index is 12.3. The highest BCUT2D eigenvalue weighted by atomic mass is 16.5. The fourth-order valence-corrected chi connectivity index (χ4v) is 2.80. The van der Waals surface area contributed by atoms with Crippen LogP contribution >= 0.6 is 0 Å². The highest BCUT2D eigenvalue weighted by Gasteiger charge is 2.38. The number of likely N-dealkylation sites (tertiary alicyclic amines) is 1. The lowest BCUT2D eigenvalue weighted by Crippen LogP contribution is -2.33. The topological polar surface area (TPSA) is 75.7 Å². The molecule has 2 amide bonds. The van der Waals surface area contributed by atoms with Crippen molar-refractivity contribution in [3.05, 3.63) is 35.9 Å². The van der Waals surface area contributed by atoms with Crippen LogP contribution in [0.4, 0.5) is 0 Å². The number of benzene rings is 1. The number of rotatable bonds is 7. The Morgan fingerprint density at radius 2 is 1.92 bits per heavy atom. The summed E-state index contributed by atoms with van der Waals surface area (Å²) in [4.78, 5) is 37.7. The zero-order valence-corrected chi connectivity index (χ0v) is 15.0. The summed E-state index contributed by atoms with van der Waals surface area (Å²) in [6.45, 7) is 6.48. The van der Waals surface area contributed by atoms with Gasteiger partial charge >= 0.3 is 5.97 Å². The number of carbonyl (C=O) groups excluding carboxylic acids is 3. The second-order valence-electron chi connectivity index (χ2n) is 6.84. The molecule has 0 spiro atoms. The molecular formula is C19H26N2O4. The maximum Gasteiger partial charge on any atom is 0.311 e. The van der Waals surface area contributed by atoms with Gasteiger partial charge in [-0.2, -0.15) is 0 Å². The predicted molar refractivity (Wildman–Crippen MR) is 93.5 cm³/mol. The van der Waals surface area contributed by atoms with Crippen molar-refractivity contribution in [3.63, 3.8) is 0 Å². The van der Waals surface area contributed by atoms with Crippen LogP contribution in [0.1, 0.15) is 38.8 Å². The molecule has 1 saturated heterocycles. The third-order valence-electron chi connectivity index (χ3n) is 4.29. The molecule has 0 bridgehead atoms. The van der Waals surface area contributed by atoms with Crippen molar-refractivity contribution >= 4 is 17.8 Å². The molecule has 2 atom stereocenters. The summed E-state index contributed by atoms with van der Waals surface area (Å²) in [6.07, 6.45) is 0.129. The van der Waals surface area contributed by atoms with Gasteiger partial charge in [0.15, 0.2) is 6.61 Å². The molecule has 0 saturated carbocycles. The van der Waals surface area contributed by atoms with Gasteiger partial charge in [0.1, 0.15) is 0 Å². The van der Waals surface area contributed by atoms with E-state index >= 15 is 0 Å². The van der Waals surface area contributed by atoms with E-state index in [4.69, 9.17) is 4.74 Å². The molecule has 0 aliphatic carbocycles. The summed E-state index contributed by atoms with van der Waals surface area (Å²) in [5.74, 6) is -1.06. The first-order chi connectivity index (χ1) is 11.9. The van der Waals surface area contributed by atoms with E-state index < -0.39 is 11.9 Å². The summed E-state index contributed by atoms with van der Waals surface area (Å²) in [6, 6.07) is 9.60. The first-order valence-corrected chi connectivity index (χ1v) is 8.66. The lowest BCUT2D eigenvalue weighted by atomic mass is 10.1. The maximum absolute atomic E-state index is 12.3. The van der Waals surface area contributed by atoms with Crippen LogP contribution in [0.3, 0.4) is 0 Å². The van der Waals surface area contributed by atoms with Crippen molar-refractivity contribution in [2.45, 2.75) is 33.2 Å². The van der Waals surface area contributed by atoms with Crippen LogP contribution in [0.5, 0.6) is 0 Å². The number of hydrogen-bond donors (Lipinski definition) is 1. The smallest absolute Gasteiger partial charge is 0.311 e. The Hall–Kier alpha value is -2.37. The fraction of sp³-hybridized carbons (Fsp3) is 0.526. The molecule has 1 aromatic rings. The highest BCUT2D eigenvalue weighted by molar-refractivity contribution is 5.88.